The number of aromatic nitrogens is 2. The smallest absolute Gasteiger partial charge is 0.166 e. The van der Waals surface area contributed by atoms with Gasteiger partial charge in [-0.25, -0.2) is 9.97 Å². The average molecular weight is 219 g/mol. The number of carbonyl (C=O) groups is 1. The van der Waals surface area contributed by atoms with Gasteiger partial charge in [0.25, 0.3) is 0 Å². The highest BCUT2D eigenvalue weighted by atomic mass is 16.1. The third kappa shape index (κ3) is 3.10. The standard InChI is InChI=1S/C12H17N3O/c16-12(10-7-13-9-14-8-10)5-4-11-3-1-2-6-15-11/h7-9,11,15H,1-6H2. The molecule has 1 aromatic rings. The van der Waals surface area contributed by atoms with Gasteiger partial charge in [0.05, 0.1) is 5.56 Å². The molecular weight excluding hydrogens is 202 g/mol. The summed E-state index contributed by atoms with van der Waals surface area (Å²) in [4.78, 5) is 19.5. The van der Waals surface area contributed by atoms with E-state index in [1.807, 2.05) is 0 Å². The second-order valence-corrected chi connectivity index (χ2v) is 4.24. The van der Waals surface area contributed by atoms with E-state index in [4.69, 9.17) is 0 Å². The van der Waals surface area contributed by atoms with Gasteiger partial charge in [-0.3, -0.25) is 4.79 Å². The minimum Gasteiger partial charge on any atom is -0.314 e. The van der Waals surface area contributed by atoms with Crippen molar-refractivity contribution in [3.8, 4) is 0 Å². The maximum Gasteiger partial charge on any atom is 0.166 e. The van der Waals surface area contributed by atoms with Crippen LogP contribution >= 0.6 is 0 Å². The van der Waals surface area contributed by atoms with Gasteiger partial charge in [0, 0.05) is 24.9 Å². The van der Waals surface area contributed by atoms with Gasteiger partial charge in [0.2, 0.25) is 0 Å². The molecule has 1 fully saturated rings. The number of nitrogens with zero attached hydrogens (tertiary/aromatic N) is 2. The van der Waals surface area contributed by atoms with Crippen molar-refractivity contribution in [3.05, 3.63) is 24.3 Å². The maximum atomic E-state index is 11.8. The number of nitrogens with one attached hydrogen (secondary N) is 1. The summed E-state index contributed by atoms with van der Waals surface area (Å²) in [6.45, 7) is 1.09. The van der Waals surface area contributed by atoms with Crippen LogP contribution in [0, 0.1) is 0 Å². The van der Waals surface area contributed by atoms with Gasteiger partial charge in [0.1, 0.15) is 6.33 Å². The molecule has 1 unspecified atom stereocenters. The highest BCUT2D eigenvalue weighted by Gasteiger charge is 2.14. The number of piperidine rings is 1. The summed E-state index contributed by atoms with van der Waals surface area (Å²) in [5, 5.41) is 3.44. The Balaban J connectivity index is 1.79. The molecule has 1 aliphatic heterocycles. The van der Waals surface area contributed by atoms with E-state index in [0.29, 0.717) is 18.0 Å². The van der Waals surface area contributed by atoms with Crippen LogP contribution in [0.3, 0.4) is 0 Å². The van der Waals surface area contributed by atoms with Crippen LogP contribution in [0.1, 0.15) is 42.5 Å². The first-order chi connectivity index (χ1) is 7.86. The Kier molecular flexibility index (Phi) is 3.99. The SMILES string of the molecule is O=C(CCC1CCCCN1)c1cncnc1. The predicted molar refractivity (Wildman–Crippen MR) is 61.2 cm³/mol. The molecule has 2 heterocycles. The minimum absolute atomic E-state index is 0.146. The number of Topliss-reactive ketones (excluding diaryl/α,β-unsaturated/α-hetero) is 1. The molecule has 1 saturated heterocycles. The molecule has 4 heteroatoms. The molecule has 4 nitrogen and oxygen atoms in total. The van der Waals surface area contributed by atoms with Crippen LogP contribution < -0.4 is 5.32 Å². The zero-order valence-corrected chi connectivity index (χ0v) is 9.35. The minimum atomic E-state index is 0.146. The molecule has 0 amide bonds. The summed E-state index contributed by atoms with van der Waals surface area (Å²) >= 11 is 0. The third-order valence-electron chi connectivity index (χ3n) is 3.01. The van der Waals surface area contributed by atoms with Crippen molar-refractivity contribution in [2.24, 2.45) is 0 Å². The molecule has 0 aliphatic carbocycles. The Hall–Kier alpha value is -1.29. The van der Waals surface area contributed by atoms with Gasteiger partial charge < -0.3 is 5.32 Å². The number of hydrogen-bond acceptors (Lipinski definition) is 4. The molecule has 1 atom stereocenters. The first-order valence-electron chi connectivity index (χ1n) is 5.88. The van der Waals surface area contributed by atoms with Crippen molar-refractivity contribution in [1.82, 2.24) is 15.3 Å². The van der Waals surface area contributed by atoms with Crippen molar-refractivity contribution in [3.63, 3.8) is 0 Å². The Morgan fingerprint density at radius 2 is 2.19 bits per heavy atom. The lowest BCUT2D eigenvalue weighted by Crippen LogP contribution is -2.34. The van der Waals surface area contributed by atoms with Crippen LogP contribution in [-0.2, 0) is 0 Å². The van der Waals surface area contributed by atoms with E-state index in [1.165, 1.54) is 25.6 Å². The lowest BCUT2D eigenvalue weighted by atomic mass is 9.98. The van der Waals surface area contributed by atoms with Crippen molar-refractivity contribution >= 4 is 5.78 Å². The molecule has 16 heavy (non-hydrogen) atoms. The van der Waals surface area contributed by atoms with Crippen LogP contribution in [0.25, 0.3) is 0 Å². The highest BCUT2D eigenvalue weighted by molar-refractivity contribution is 5.95. The molecule has 1 aromatic heterocycles. The van der Waals surface area contributed by atoms with Gasteiger partial charge in [-0.05, 0) is 25.8 Å². The Morgan fingerprint density at radius 1 is 1.38 bits per heavy atom. The van der Waals surface area contributed by atoms with Crippen molar-refractivity contribution in [2.75, 3.05) is 6.54 Å². The van der Waals surface area contributed by atoms with Gasteiger partial charge in [-0.2, -0.15) is 0 Å². The van der Waals surface area contributed by atoms with Crippen LogP contribution in [0.5, 0.6) is 0 Å². The molecule has 1 N–H and O–H groups in total. The molecule has 1 aliphatic rings. The quantitative estimate of drug-likeness (QED) is 0.781. The fourth-order valence-electron chi connectivity index (χ4n) is 2.06. The molecule has 2 rings (SSSR count). The van der Waals surface area contributed by atoms with Crippen LogP contribution in [0.2, 0.25) is 0 Å². The van der Waals surface area contributed by atoms with Crippen molar-refractivity contribution in [1.29, 1.82) is 0 Å². The van der Waals surface area contributed by atoms with E-state index in [-0.39, 0.29) is 5.78 Å². The summed E-state index contributed by atoms with van der Waals surface area (Å²) in [6, 6.07) is 0.516. The molecular formula is C12H17N3O. The fraction of sp³-hybridized carbons (Fsp3) is 0.583. The number of carbonyl (C=O) groups excluding carboxylic acids is 1. The van der Waals surface area contributed by atoms with E-state index >= 15 is 0 Å². The Labute approximate surface area is 95.5 Å². The van der Waals surface area contributed by atoms with Gasteiger partial charge in [-0.15, -0.1) is 0 Å². The monoisotopic (exact) mass is 219 g/mol. The molecule has 0 aromatic carbocycles. The zero-order chi connectivity index (χ0) is 11.2. The zero-order valence-electron chi connectivity index (χ0n) is 9.35. The lowest BCUT2D eigenvalue weighted by Gasteiger charge is -2.22. The number of ketones is 1. The van der Waals surface area contributed by atoms with Crippen molar-refractivity contribution in [2.45, 2.75) is 38.1 Å². The van der Waals surface area contributed by atoms with Gasteiger partial charge >= 0.3 is 0 Å². The summed E-state index contributed by atoms with van der Waals surface area (Å²) in [6.07, 6.45) is 9.86. The predicted octanol–water partition coefficient (Wildman–Crippen LogP) is 1.58. The molecule has 0 spiro atoms. The lowest BCUT2D eigenvalue weighted by molar-refractivity contribution is 0.0973. The Bertz CT molecular complexity index is 333. The number of hydrogen-bond donors (Lipinski definition) is 1. The molecule has 0 bridgehead atoms. The summed E-state index contributed by atoms with van der Waals surface area (Å²) in [7, 11) is 0. The Morgan fingerprint density at radius 3 is 2.88 bits per heavy atom. The topological polar surface area (TPSA) is 54.9 Å². The highest BCUT2D eigenvalue weighted by Crippen LogP contribution is 2.13. The van der Waals surface area contributed by atoms with Crippen LogP contribution in [-0.4, -0.2) is 28.3 Å². The summed E-state index contributed by atoms with van der Waals surface area (Å²) in [5.74, 6) is 0.146. The first-order valence-corrected chi connectivity index (χ1v) is 5.88. The fourth-order valence-corrected chi connectivity index (χ4v) is 2.06. The summed E-state index contributed by atoms with van der Waals surface area (Å²) < 4.78 is 0. The van der Waals surface area contributed by atoms with E-state index < -0.39 is 0 Å². The first kappa shape index (κ1) is 11.2. The van der Waals surface area contributed by atoms with Crippen LogP contribution in [0.4, 0.5) is 0 Å². The molecule has 0 saturated carbocycles. The molecule has 86 valence electrons. The van der Waals surface area contributed by atoms with Crippen molar-refractivity contribution < 1.29 is 4.79 Å². The van der Waals surface area contributed by atoms with Gasteiger partial charge in [-0.1, -0.05) is 6.42 Å². The van der Waals surface area contributed by atoms with E-state index in [2.05, 4.69) is 15.3 Å². The maximum absolute atomic E-state index is 11.8. The van der Waals surface area contributed by atoms with E-state index in [0.717, 1.165) is 13.0 Å². The largest absolute Gasteiger partial charge is 0.314 e. The second kappa shape index (κ2) is 5.70. The molecule has 0 radical (unpaired) electrons. The summed E-state index contributed by atoms with van der Waals surface area (Å²) in [5.41, 5.74) is 0.623. The third-order valence-corrected chi connectivity index (χ3v) is 3.01. The van der Waals surface area contributed by atoms with E-state index in [1.54, 1.807) is 12.4 Å². The second-order valence-electron chi connectivity index (χ2n) is 4.24. The number of rotatable bonds is 4. The average Bonchev–Trinajstić information content (AvgIpc) is 2.38. The van der Waals surface area contributed by atoms with Crippen LogP contribution in [0.15, 0.2) is 18.7 Å². The normalized spacial score (nSPS) is 20.6. The van der Waals surface area contributed by atoms with Gasteiger partial charge in [0.15, 0.2) is 5.78 Å². The van der Waals surface area contributed by atoms with E-state index in [9.17, 15) is 4.79 Å².